The van der Waals surface area contributed by atoms with Crippen molar-refractivity contribution in [3.8, 4) is 16.3 Å². The van der Waals surface area contributed by atoms with Gasteiger partial charge < -0.3 is 5.11 Å². The highest BCUT2D eigenvalue weighted by Gasteiger charge is 2.17. The third-order valence-electron chi connectivity index (χ3n) is 4.52. The van der Waals surface area contributed by atoms with Gasteiger partial charge in [0.15, 0.2) is 0 Å². The van der Waals surface area contributed by atoms with Crippen molar-refractivity contribution in [3.63, 3.8) is 0 Å². The molecule has 0 spiro atoms. The maximum absolute atomic E-state index is 12.5. The molecule has 0 aliphatic carbocycles. The fraction of sp³-hybridized carbons (Fsp3) is 0.227. The molecule has 5 nitrogen and oxygen atoms in total. The van der Waals surface area contributed by atoms with Gasteiger partial charge in [0.05, 0.1) is 11.9 Å². The van der Waals surface area contributed by atoms with Crippen molar-refractivity contribution < 1.29 is 9.90 Å². The van der Waals surface area contributed by atoms with E-state index in [2.05, 4.69) is 33.7 Å². The Morgan fingerprint density at radius 2 is 1.75 bits per heavy atom. The first-order chi connectivity index (χ1) is 13.3. The van der Waals surface area contributed by atoms with Gasteiger partial charge in [-0.05, 0) is 75.1 Å². The van der Waals surface area contributed by atoms with Gasteiger partial charge in [-0.2, -0.15) is 5.10 Å². The monoisotopic (exact) mass is 393 g/mol. The average Bonchev–Trinajstić information content (AvgIpc) is 3.03. The zero-order valence-corrected chi connectivity index (χ0v) is 17.4. The van der Waals surface area contributed by atoms with Gasteiger partial charge in [0.25, 0.3) is 5.91 Å². The van der Waals surface area contributed by atoms with Crippen LogP contribution in [0.2, 0.25) is 0 Å². The Labute approximate surface area is 168 Å². The summed E-state index contributed by atoms with van der Waals surface area (Å²) in [5, 5.41) is 14.7. The molecule has 3 rings (SSSR count). The molecular weight excluding hydrogens is 370 g/mol. The van der Waals surface area contributed by atoms with Crippen LogP contribution in [0.4, 0.5) is 0 Å². The minimum atomic E-state index is -0.282. The largest absolute Gasteiger partial charge is 0.507 e. The number of carbonyl (C=O) groups is 1. The van der Waals surface area contributed by atoms with Crippen molar-refractivity contribution in [2.45, 2.75) is 34.6 Å². The van der Waals surface area contributed by atoms with Crippen LogP contribution in [-0.2, 0) is 0 Å². The third kappa shape index (κ3) is 4.12. The summed E-state index contributed by atoms with van der Waals surface area (Å²) in [5.41, 5.74) is 8.93. The van der Waals surface area contributed by atoms with Crippen molar-refractivity contribution in [3.05, 3.63) is 68.7 Å². The number of aryl methyl sites for hydroxylation is 5. The molecule has 0 saturated carbocycles. The molecule has 0 aliphatic heterocycles. The van der Waals surface area contributed by atoms with E-state index in [1.807, 2.05) is 46.8 Å². The maximum atomic E-state index is 12.5. The van der Waals surface area contributed by atoms with E-state index >= 15 is 0 Å². The summed E-state index contributed by atoms with van der Waals surface area (Å²) in [4.78, 5) is 17.7. The zero-order chi connectivity index (χ0) is 20.4. The molecule has 1 amide bonds. The summed E-state index contributed by atoms with van der Waals surface area (Å²) < 4.78 is 0. The fourth-order valence-corrected chi connectivity index (χ4v) is 4.01. The maximum Gasteiger partial charge on any atom is 0.283 e. The summed E-state index contributed by atoms with van der Waals surface area (Å²) in [7, 11) is 0. The van der Waals surface area contributed by atoms with Gasteiger partial charge in [-0.15, -0.1) is 11.3 Å². The number of phenols is 1. The molecule has 0 bridgehead atoms. The van der Waals surface area contributed by atoms with E-state index in [-0.39, 0.29) is 11.7 Å². The predicted octanol–water partition coefficient (Wildman–Crippen LogP) is 4.82. The molecule has 2 aromatic carbocycles. The number of benzene rings is 2. The zero-order valence-electron chi connectivity index (χ0n) is 16.6. The van der Waals surface area contributed by atoms with E-state index in [0.717, 1.165) is 38.4 Å². The van der Waals surface area contributed by atoms with Gasteiger partial charge in [-0.3, -0.25) is 4.79 Å². The van der Waals surface area contributed by atoms with Crippen LogP contribution in [0.25, 0.3) is 10.6 Å². The van der Waals surface area contributed by atoms with E-state index in [1.54, 1.807) is 6.21 Å². The van der Waals surface area contributed by atoms with Crippen molar-refractivity contribution in [1.82, 2.24) is 10.4 Å². The van der Waals surface area contributed by atoms with Gasteiger partial charge in [0.1, 0.15) is 15.6 Å². The number of amides is 1. The van der Waals surface area contributed by atoms with E-state index in [0.29, 0.717) is 10.6 Å². The lowest BCUT2D eigenvalue weighted by Gasteiger charge is -2.04. The Bertz CT molecular complexity index is 1060. The van der Waals surface area contributed by atoms with Crippen LogP contribution in [0.15, 0.2) is 35.4 Å². The van der Waals surface area contributed by atoms with Crippen LogP contribution in [-0.4, -0.2) is 22.2 Å². The average molecular weight is 394 g/mol. The number of hydrogen-bond donors (Lipinski definition) is 2. The second kappa shape index (κ2) is 7.94. The summed E-state index contributed by atoms with van der Waals surface area (Å²) in [6, 6.07) is 9.84. The Balaban J connectivity index is 1.78. The molecule has 2 N–H and O–H groups in total. The lowest BCUT2D eigenvalue weighted by Crippen LogP contribution is -2.17. The number of nitrogens with zero attached hydrogens (tertiary/aromatic N) is 2. The van der Waals surface area contributed by atoms with Crippen LogP contribution in [0.5, 0.6) is 5.75 Å². The van der Waals surface area contributed by atoms with Crippen LogP contribution in [0.3, 0.4) is 0 Å². The summed E-state index contributed by atoms with van der Waals surface area (Å²) >= 11 is 1.37. The number of phenolic OH excluding ortho intramolecular Hbond substituents is 1. The van der Waals surface area contributed by atoms with Crippen molar-refractivity contribution >= 4 is 23.5 Å². The number of hydrazone groups is 1. The Morgan fingerprint density at radius 3 is 2.43 bits per heavy atom. The Morgan fingerprint density at radius 1 is 1.07 bits per heavy atom. The molecule has 1 heterocycles. The second-order valence-electron chi connectivity index (χ2n) is 6.95. The summed E-state index contributed by atoms with van der Waals surface area (Å²) in [6.45, 7) is 9.56. The SMILES string of the molecule is Cc1ccc(C)c(-c2nc(C)c(C(=O)N/N=C/c3cc(C)c(O)c(C)c3)s2)c1. The van der Waals surface area contributed by atoms with Crippen molar-refractivity contribution in [2.75, 3.05) is 0 Å². The van der Waals surface area contributed by atoms with Gasteiger partial charge in [-0.25, -0.2) is 10.4 Å². The number of rotatable bonds is 4. The number of aromatic hydroxyl groups is 1. The van der Waals surface area contributed by atoms with Crippen LogP contribution >= 0.6 is 11.3 Å². The van der Waals surface area contributed by atoms with Crippen molar-refractivity contribution in [1.29, 1.82) is 0 Å². The van der Waals surface area contributed by atoms with Gasteiger partial charge in [-0.1, -0.05) is 17.7 Å². The van der Waals surface area contributed by atoms with Gasteiger partial charge in [0.2, 0.25) is 0 Å². The van der Waals surface area contributed by atoms with Crippen LogP contribution < -0.4 is 5.43 Å². The standard InChI is InChI=1S/C22H23N3O2S/c1-12-6-7-13(2)18(8-12)22-24-16(5)20(28-22)21(27)25-23-11-17-9-14(3)19(26)15(4)10-17/h6-11,26H,1-5H3,(H,25,27)/b23-11+. The fourth-order valence-electron chi connectivity index (χ4n) is 2.97. The van der Waals surface area contributed by atoms with E-state index < -0.39 is 0 Å². The van der Waals surface area contributed by atoms with E-state index in [1.165, 1.54) is 11.3 Å². The summed E-state index contributed by atoms with van der Waals surface area (Å²) in [6.07, 6.45) is 1.57. The molecular formula is C22H23N3O2S. The second-order valence-corrected chi connectivity index (χ2v) is 7.95. The highest BCUT2D eigenvalue weighted by molar-refractivity contribution is 7.17. The molecule has 0 atom stereocenters. The quantitative estimate of drug-likeness (QED) is 0.493. The number of carbonyl (C=O) groups excluding carboxylic acids is 1. The third-order valence-corrected chi connectivity index (χ3v) is 5.71. The first-order valence-electron chi connectivity index (χ1n) is 8.95. The van der Waals surface area contributed by atoms with Crippen LogP contribution in [0.1, 0.15) is 43.2 Å². The minimum Gasteiger partial charge on any atom is -0.507 e. The molecule has 0 radical (unpaired) electrons. The Kier molecular flexibility index (Phi) is 5.61. The highest BCUT2D eigenvalue weighted by Crippen LogP contribution is 2.31. The van der Waals surface area contributed by atoms with E-state index in [4.69, 9.17) is 0 Å². The molecule has 0 unspecified atom stereocenters. The molecule has 0 saturated heterocycles. The Hall–Kier alpha value is -2.99. The minimum absolute atomic E-state index is 0.278. The molecule has 0 aliphatic rings. The molecule has 28 heavy (non-hydrogen) atoms. The normalized spacial score (nSPS) is 11.2. The topological polar surface area (TPSA) is 74.6 Å². The molecule has 144 valence electrons. The number of aromatic nitrogens is 1. The lowest BCUT2D eigenvalue weighted by molar-refractivity contribution is 0.0958. The number of nitrogens with one attached hydrogen (secondary N) is 1. The summed E-state index contributed by atoms with van der Waals surface area (Å²) in [5.74, 6) is -0.00419. The van der Waals surface area contributed by atoms with Gasteiger partial charge >= 0.3 is 0 Å². The first-order valence-corrected chi connectivity index (χ1v) is 9.76. The smallest absolute Gasteiger partial charge is 0.283 e. The molecule has 0 fully saturated rings. The number of hydrogen-bond acceptors (Lipinski definition) is 5. The van der Waals surface area contributed by atoms with Gasteiger partial charge in [0, 0.05) is 5.56 Å². The first kappa shape index (κ1) is 19.8. The predicted molar refractivity (Wildman–Crippen MR) is 114 cm³/mol. The lowest BCUT2D eigenvalue weighted by atomic mass is 10.1. The molecule has 1 aromatic heterocycles. The molecule has 6 heteroatoms. The van der Waals surface area contributed by atoms with E-state index in [9.17, 15) is 9.90 Å². The number of thiazole rings is 1. The molecule has 3 aromatic rings. The van der Waals surface area contributed by atoms with Crippen molar-refractivity contribution in [2.24, 2.45) is 5.10 Å². The van der Waals surface area contributed by atoms with Crippen LogP contribution in [0, 0.1) is 34.6 Å². The highest BCUT2D eigenvalue weighted by atomic mass is 32.1.